The van der Waals surface area contributed by atoms with E-state index in [2.05, 4.69) is 5.48 Å². The maximum atomic E-state index is 13.9. The SMILES string of the molecule is CN1CC(O)C(N2C(=O)c3ccccc3C(C(=O)NOCc3ccccc3)C2c2ccc(Cl)cc2Cl)C1. The highest BCUT2D eigenvalue weighted by Crippen LogP contribution is 2.47. The van der Waals surface area contributed by atoms with Gasteiger partial charge in [-0.25, -0.2) is 5.48 Å². The van der Waals surface area contributed by atoms with E-state index in [-0.39, 0.29) is 12.5 Å². The molecule has 37 heavy (non-hydrogen) atoms. The summed E-state index contributed by atoms with van der Waals surface area (Å²) in [7, 11) is 1.89. The highest BCUT2D eigenvalue weighted by molar-refractivity contribution is 6.35. The van der Waals surface area contributed by atoms with Gasteiger partial charge in [-0.1, -0.05) is 77.8 Å². The number of likely N-dealkylation sites (tertiary alicyclic amines) is 1. The van der Waals surface area contributed by atoms with Crippen molar-refractivity contribution >= 4 is 35.0 Å². The number of carbonyl (C=O) groups is 2. The van der Waals surface area contributed by atoms with E-state index in [0.29, 0.717) is 39.8 Å². The van der Waals surface area contributed by atoms with Crippen LogP contribution in [0.25, 0.3) is 0 Å². The summed E-state index contributed by atoms with van der Waals surface area (Å²) < 4.78 is 0. The minimum atomic E-state index is -0.846. The number of β-amino-alcohol motifs (C(OH)–C–C–N with tert-alkyl or cyclic N) is 1. The largest absolute Gasteiger partial charge is 0.390 e. The van der Waals surface area contributed by atoms with Crippen molar-refractivity contribution < 1.29 is 19.5 Å². The van der Waals surface area contributed by atoms with Gasteiger partial charge in [-0.3, -0.25) is 14.4 Å². The van der Waals surface area contributed by atoms with Gasteiger partial charge < -0.3 is 14.9 Å². The Bertz CT molecular complexity index is 1310. The number of nitrogens with one attached hydrogen (secondary N) is 1. The van der Waals surface area contributed by atoms with Crippen LogP contribution in [0.4, 0.5) is 0 Å². The van der Waals surface area contributed by atoms with E-state index in [1.54, 1.807) is 47.4 Å². The molecule has 192 valence electrons. The second-order valence-electron chi connectivity index (χ2n) is 9.48. The number of amides is 2. The number of hydrogen-bond donors (Lipinski definition) is 2. The number of rotatable bonds is 6. The third kappa shape index (κ3) is 5.10. The molecule has 4 unspecified atom stereocenters. The Hall–Kier alpha value is -2.94. The maximum Gasteiger partial charge on any atom is 0.255 e. The quantitative estimate of drug-likeness (QED) is 0.459. The summed E-state index contributed by atoms with van der Waals surface area (Å²) in [5.74, 6) is -1.53. The summed E-state index contributed by atoms with van der Waals surface area (Å²) in [5, 5.41) is 11.7. The molecule has 4 atom stereocenters. The molecule has 1 saturated heterocycles. The third-order valence-electron chi connectivity index (χ3n) is 6.99. The van der Waals surface area contributed by atoms with Crippen molar-refractivity contribution in [2.75, 3.05) is 20.1 Å². The molecule has 0 spiro atoms. The lowest BCUT2D eigenvalue weighted by molar-refractivity contribution is -0.138. The van der Waals surface area contributed by atoms with Crippen molar-refractivity contribution in [2.24, 2.45) is 0 Å². The van der Waals surface area contributed by atoms with Crippen LogP contribution >= 0.6 is 23.2 Å². The molecule has 2 aliphatic rings. The van der Waals surface area contributed by atoms with Gasteiger partial charge >= 0.3 is 0 Å². The monoisotopic (exact) mass is 539 g/mol. The van der Waals surface area contributed by atoms with E-state index >= 15 is 0 Å². The number of nitrogens with zero attached hydrogens (tertiary/aromatic N) is 2. The zero-order chi connectivity index (χ0) is 26.1. The van der Waals surface area contributed by atoms with Crippen LogP contribution in [0, 0.1) is 0 Å². The normalized spacial score (nSPS) is 23.7. The van der Waals surface area contributed by atoms with Gasteiger partial charge in [0.05, 0.1) is 30.7 Å². The van der Waals surface area contributed by atoms with Gasteiger partial charge in [0.25, 0.3) is 11.8 Å². The molecule has 3 aromatic rings. The first-order chi connectivity index (χ1) is 17.8. The van der Waals surface area contributed by atoms with E-state index in [4.69, 9.17) is 28.0 Å². The molecule has 7 nitrogen and oxygen atoms in total. The smallest absolute Gasteiger partial charge is 0.255 e. The number of aliphatic hydroxyl groups excluding tert-OH is 1. The van der Waals surface area contributed by atoms with Gasteiger partial charge in [-0.2, -0.15) is 0 Å². The highest BCUT2D eigenvalue weighted by atomic mass is 35.5. The van der Waals surface area contributed by atoms with Crippen LogP contribution in [-0.2, 0) is 16.2 Å². The number of fused-ring (bicyclic) bond motifs is 1. The van der Waals surface area contributed by atoms with Crippen molar-refractivity contribution in [2.45, 2.75) is 30.7 Å². The molecule has 2 heterocycles. The summed E-state index contributed by atoms with van der Waals surface area (Å²) in [6.07, 6.45) is -0.786. The van der Waals surface area contributed by atoms with Crippen LogP contribution in [0.3, 0.4) is 0 Å². The predicted octanol–water partition coefficient (Wildman–Crippen LogP) is 4.20. The molecular formula is C28H27Cl2N3O4. The number of halogens is 2. The second kappa shape index (κ2) is 10.8. The van der Waals surface area contributed by atoms with Gasteiger partial charge in [0.1, 0.15) is 0 Å². The molecule has 9 heteroatoms. The number of benzene rings is 3. The topological polar surface area (TPSA) is 82.1 Å². The van der Waals surface area contributed by atoms with Crippen LogP contribution in [0.1, 0.15) is 39.0 Å². The molecule has 2 aliphatic heterocycles. The fourth-order valence-electron chi connectivity index (χ4n) is 5.33. The summed E-state index contributed by atoms with van der Waals surface area (Å²) in [4.78, 5) is 36.9. The zero-order valence-electron chi connectivity index (χ0n) is 20.2. The Kier molecular flexibility index (Phi) is 7.51. The van der Waals surface area contributed by atoms with Gasteiger partial charge in [-0.15, -0.1) is 0 Å². The number of likely N-dealkylation sites (N-methyl/N-ethyl adjacent to an activating group) is 1. The molecule has 0 bridgehead atoms. The summed E-state index contributed by atoms with van der Waals surface area (Å²) in [6, 6.07) is 20.2. The number of carbonyl (C=O) groups excluding carboxylic acids is 2. The number of aliphatic hydroxyl groups is 1. The minimum Gasteiger partial charge on any atom is -0.390 e. The van der Waals surface area contributed by atoms with Crippen molar-refractivity contribution in [3.05, 3.63) is 105 Å². The molecule has 0 aliphatic carbocycles. The first-order valence-electron chi connectivity index (χ1n) is 12.0. The van der Waals surface area contributed by atoms with Crippen molar-refractivity contribution in [1.82, 2.24) is 15.3 Å². The molecule has 2 amide bonds. The first-order valence-corrected chi connectivity index (χ1v) is 12.8. The predicted molar refractivity (Wildman–Crippen MR) is 141 cm³/mol. The lowest BCUT2D eigenvalue weighted by atomic mass is 9.78. The fourth-order valence-corrected chi connectivity index (χ4v) is 5.85. The Morgan fingerprint density at radius 2 is 1.76 bits per heavy atom. The summed E-state index contributed by atoms with van der Waals surface area (Å²) in [6.45, 7) is 1.05. The fraction of sp³-hybridized carbons (Fsp3) is 0.286. The Labute approximate surface area is 225 Å². The number of hydrogen-bond acceptors (Lipinski definition) is 5. The molecule has 0 saturated carbocycles. The van der Waals surface area contributed by atoms with E-state index < -0.39 is 30.0 Å². The Balaban J connectivity index is 1.58. The zero-order valence-corrected chi connectivity index (χ0v) is 21.7. The second-order valence-corrected chi connectivity index (χ2v) is 10.3. The molecule has 1 fully saturated rings. The van der Waals surface area contributed by atoms with E-state index in [1.165, 1.54) is 0 Å². The van der Waals surface area contributed by atoms with Gasteiger partial charge in [0, 0.05) is 28.7 Å². The molecular weight excluding hydrogens is 513 g/mol. The minimum absolute atomic E-state index is 0.183. The molecule has 5 rings (SSSR count). The standard InChI is InChI=1S/C28H27Cl2N3O4/c1-32-14-23(24(34)15-32)33-26(21-12-11-18(29)13-22(21)30)25(19-9-5-6-10-20(19)28(33)36)27(35)31-37-16-17-7-3-2-4-8-17/h2-13,23-26,34H,14-16H2,1H3,(H,31,35). The van der Waals surface area contributed by atoms with Gasteiger partial charge in [-0.05, 0) is 41.9 Å². The summed E-state index contributed by atoms with van der Waals surface area (Å²) >= 11 is 12.9. The number of hydroxylamine groups is 1. The maximum absolute atomic E-state index is 13.9. The average Bonchev–Trinajstić information content (AvgIpc) is 3.22. The third-order valence-corrected chi connectivity index (χ3v) is 7.56. The molecule has 2 N–H and O–H groups in total. The van der Waals surface area contributed by atoms with Crippen LogP contribution < -0.4 is 5.48 Å². The van der Waals surface area contributed by atoms with Crippen molar-refractivity contribution in [3.8, 4) is 0 Å². The van der Waals surface area contributed by atoms with Crippen molar-refractivity contribution in [1.29, 1.82) is 0 Å². The van der Waals surface area contributed by atoms with Crippen LogP contribution in [-0.4, -0.2) is 59.0 Å². The van der Waals surface area contributed by atoms with Gasteiger partial charge in [0.15, 0.2) is 0 Å². The summed E-state index contributed by atoms with van der Waals surface area (Å²) in [5.41, 5.74) is 5.05. The van der Waals surface area contributed by atoms with Gasteiger partial charge in [0.2, 0.25) is 0 Å². The molecule has 0 aromatic heterocycles. The molecule has 3 aromatic carbocycles. The van der Waals surface area contributed by atoms with Crippen molar-refractivity contribution in [3.63, 3.8) is 0 Å². The molecule has 0 radical (unpaired) electrons. The van der Waals surface area contributed by atoms with E-state index in [0.717, 1.165) is 5.56 Å². The lowest BCUT2D eigenvalue weighted by Crippen LogP contribution is -2.54. The van der Waals surface area contributed by atoms with Crippen LogP contribution in [0.5, 0.6) is 0 Å². The Morgan fingerprint density at radius 1 is 1.03 bits per heavy atom. The first kappa shape index (κ1) is 25.7. The van der Waals surface area contributed by atoms with E-state index in [9.17, 15) is 14.7 Å². The average molecular weight is 540 g/mol. The van der Waals surface area contributed by atoms with E-state index in [1.807, 2.05) is 42.3 Å². The van der Waals surface area contributed by atoms with Crippen LogP contribution in [0.15, 0.2) is 72.8 Å². The Morgan fingerprint density at radius 3 is 2.46 bits per heavy atom. The lowest BCUT2D eigenvalue weighted by Gasteiger charge is -2.45. The van der Waals surface area contributed by atoms with Crippen LogP contribution in [0.2, 0.25) is 10.0 Å². The highest BCUT2D eigenvalue weighted by Gasteiger charge is 2.50.